The van der Waals surface area contributed by atoms with Crippen molar-refractivity contribution in [3.8, 4) is 5.75 Å². The van der Waals surface area contributed by atoms with Crippen LogP contribution in [0.25, 0.3) is 6.08 Å². The van der Waals surface area contributed by atoms with Gasteiger partial charge in [-0.25, -0.2) is 0 Å². The normalized spacial score (nSPS) is 14.9. The molecule has 34 heavy (non-hydrogen) atoms. The van der Waals surface area contributed by atoms with Gasteiger partial charge in [-0.3, -0.25) is 9.69 Å². The lowest BCUT2D eigenvalue weighted by Gasteiger charge is -2.32. The number of likely N-dealkylation sites (N-methyl/N-ethyl adjacent to an activating group) is 1. The van der Waals surface area contributed by atoms with Crippen molar-refractivity contribution in [3.05, 3.63) is 101 Å². The summed E-state index contributed by atoms with van der Waals surface area (Å²) in [6.07, 6.45) is 3.33. The van der Waals surface area contributed by atoms with Gasteiger partial charge in [-0.2, -0.15) is 0 Å². The number of benzene rings is 3. The molecule has 3 aromatic carbocycles. The van der Waals surface area contributed by atoms with Gasteiger partial charge in [-0.1, -0.05) is 54.1 Å². The molecular weight excluding hydrogens is 446 g/mol. The highest BCUT2D eigenvalue weighted by Gasteiger charge is 2.13. The number of ether oxygens (including phenoxy) is 1. The van der Waals surface area contributed by atoms with Gasteiger partial charge in [0.2, 0.25) is 5.91 Å². The summed E-state index contributed by atoms with van der Waals surface area (Å²) in [4.78, 5) is 17.1. The second-order valence-corrected chi connectivity index (χ2v) is 8.96. The number of nitrogens with zero attached hydrogens (tertiary/aromatic N) is 2. The molecule has 4 rings (SSSR count). The van der Waals surface area contributed by atoms with Crippen LogP contribution in [0.5, 0.6) is 5.75 Å². The predicted octanol–water partition coefficient (Wildman–Crippen LogP) is 5.32. The van der Waals surface area contributed by atoms with Crippen LogP contribution in [0, 0.1) is 0 Å². The zero-order valence-corrected chi connectivity index (χ0v) is 20.2. The van der Waals surface area contributed by atoms with Crippen molar-refractivity contribution in [1.82, 2.24) is 9.80 Å². The van der Waals surface area contributed by atoms with Gasteiger partial charge in [0.05, 0.1) is 0 Å². The van der Waals surface area contributed by atoms with Crippen molar-refractivity contribution < 1.29 is 9.53 Å². The highest BCUT2D eigenvalue weighted by Crippen LogP contribution is 2.19. The molecule has 1 saturated heterocycles. The largest absolute Gasteiger partial charge is 0.489 e. The minimum atomic E-state index is -0.161. The minimum absolute atomic E-state index is 0.161. The molecule has 0 radical (unpaired) electrons. The summed E-state index contributed by atoms with van der Waals surface area (Å²) in [7, 11) is 2.16. The van der Waals surface area contributed by atoms with Crippen molar-refractivity contribution >= 4 is 29.3 Å². The van der Waals surface area contributed by atoms with E-state index in [0.717, 1.165) is 55.3 Å². The molecule has 1 amide bonds. The molecule has 176 valence electrons. The van der Waals surface area contributed by atoms with Gasteiger partial charge in [0.25, 0.3) is 0 Å². The number of nitrogens with one attached hydrogen (secondary N) is 1. The van der Waals surface area contributed by atoms with Crippen LogP contribution in [0.15, 0.2) is 78.9 Å². The zero-order chi connectivity index (χ0) is 23.8. The van der Waals surface area contributed by atoms with E-state index in [1.807, 2.05) is 60.7 Å². The maximum Gasteiger partial charge on any atom is 0.248 e. The molecule has 1 fully saturated rings. The Morgan fingerprint density at radius 3 is 2.38 bits per heavy atom. The Kier molecular flexibility index (Phi) is 8.36. The summed E-state index contributed by atoms with van der Waals surface area (Å²) in [5, 5.41) is 3.61. The second-order valence-electron chi connectivity index (χ2n) is 8.55. The van der Waals surface area contributed by atoms with Crippen LogP contribution >= 0.6 is 11.6 Å². The first-order valence-electron chi connectivity index (χ1n) is 11.5. The van der Waals surface area contributed by atoms with Crippen LogP contribution in [0.4, 0.5) is 5.69 Å². The number of halogens is 1. The Labute approximate surface area is 206 Å². The van der Waals surface area contributed by atoms with Crippen LogP contribution in [0.3, 0.4) is 0 Å². The molecule has 0 aromatic heterocycles. The standard InChI is InChI=1S/C28H30ClN3O2/c1-31-16-18-32(19-17-31)20-23-6-11-25(12-7-23)30-28(33)15-10-22-8-13-26(14-9-22)34-21-24-4-2-3-5-27(24)29/h2-15H,16-21H2,1H3,(H,30,33)/b15-10+. The molecule has 1 aliphatic heterocycles. The van der Waals surface area contributed by atoms with E-state index in [2.05, 4.69) is 34.3 Å². The van der Waals surface area contributed by atoms with Crippen LogP contribution in [-0.4, -0.2) is 48.9 Å². The fraction of sp³-hybridized carbons (Fsp3) is 0.250. The number of anilines is 1. The molecule has 0 atom stereocenters. The molecule has 1 heterocycles. The highest BCUT2D eigenvalue weighted by molar-refractivity contribution is 6.31. The van der Waals surface area contributed by atoms with Crippen molar-refractivity contribution in [3.63, 3.8) is 0 Å². The lowest BCUT2D eigenvalue weighted by Crippen LogP contribution is -2.43. The van der Waals surface area contributed by atoms with Gasteiger partial charge in [-0.15, -0.1) is 0 Å². The molecule has 6 heteroatoms. The van der Waals surface area contributed by atoms with Crippen LogP contribution < -0.4 is 10.1 Å². The summed E-state index contributed by atoms with van der Waals surface area (Å²) >= 11 is 6.17. The molecular formula is C28H30ClN3O2. The van der Waals surface area contributed by atoms with E-state index in [1.165, 1.54) is 11.6 Å². The number of piperazine rings is 1. The van der Waals surface area contributed by atoms with Crippen LogP contribution in [0.2, 0.25) is 5.02 Å². The monoisotopic (exact) mass is 475 g/mol. The van der Waals surface area contributed by atoms with Crippen molar-refractivity contribution in [1.29, 1.82) is 0 Å². The fourth-order valence-corrected chi connectivity index (χ4v) is 3.96. The lowest BCUT2D eigenvalue weighted by atomic mass is 10.1. The molecule has 0 spiro atoms. The van der Waals surface area contributed by atoms with E-state index in [-0.39, 0.29) is 5.91 Å². The Hall–Kier alpha value is -3.12. The smallest absolute Gasteiger partial charge is 0.248 e. The van der Waals surface area contributed by atoms with Gasteiger partial charge in [0, 0.05) is 55.1 Å². The molecule has 5 nitrogen and oxygen atoms in total. The first kappa shape index (κ1) is 24.0. The van der Waals surface area contributed by atoms with E-state index in [9.17, 15) is 4.79 Å². The van der Waals surface area contributed by atoms with Crippen molar-refractivity contribution in [2.75, 3.05) is 38.5 Å². The minimum Gasteiger partial charge on any atom is -0.489 e. The number of amides is 1. The quantitative estimate of drug-likeness (QED) is 0.448. The molecule has 0 aliphatic carbocycles. The Bertz CT molecular complexity index is 1110. The molecule has 0 bridgehead atoms. The average Bonchev–Trinajstić information content (AvgIpc) is 2.85. The number of hydrogen-bond acceptors (Lipinski definition) is 4. The summed E-state index contributed by atoms with van der Waals surface area (Å²) < 4.78 is 5.80. The van der Waals surface area contributed by atoms with Crippen molar-refractivity contribution in [2.45, 2.75) is 13.2 Å². The third kappa shape index (κ3) is 7.19. The summed E-state index contributed by atoms with van der Waals surface area (Å²) in [6, 6.07) is 23.3. The number of rotatable bonds is 8. The predicted molar refractivity (Wildman–Crippen MR) is 139 cm³/mol. The maximum atomic E-state index is 12.3. The van der Waals surface area contributed by atoms with E-state index >= 15 is 0 Å². The Morgan fingerprint density at radius 2 is 1.68 bits per heavy atom. The van der Waals surface area contributed by atoms with Gasteiger partial charge in [-0.05, 0) is 54.6 Å². The lowest BCUT2D eigenvalue weighted by molar-refractivity contribution is -0.111. The molecule has 1 N–H and O–H groups in total. The highest BCUT2D eigenvalue weighted by atomic mass is 35.5. The maximum absolute atomic E-state index is 12.3. The van der Waals surface area contributed by atoms with Gasteiger partial charge < -0.3 is 15.0 Å². The number of hydrogen-bond donors (Lipinski definition) is 1. The third-order valence-electron chi connectivity index (χ3n) is 5.88. The fourth-order valence-electron chi connectivity index (χ4n) is 3.77. The molecule has 0 unspecified atom stereocenters. The number of carbonyl (C=O) groups excluding carboxylic acids is 1. The van der Waals surface area contributed by atoms with Gasteiger partial charge >= 0.3 is 0 Å². The summed E-state index contributed by atoms with van der Waals surface area (Å²) in [5.74, 6) is 0.587. The first-order valence-corrected chi connectivity index (χ1v) is 11.9. The second kappa shape index (κ2) is 11.8. The molecule has 3 aromatic rings. The number of carbonyl (C=O) groups is 1. The molecule has 0 saturated carbocycles. The topological polar surface area (TPSA) is 44.8 Å². The molecule has 1 aliphatic rings. The van der Waals surface area contributed by atoms with E-state index in [0.29, 0.717) is 11.6 Å². The van der Waals surface area contributed by atoms with E-state index < -0.39 is 0 Å². The van der Waals surface area contributed by atoms with Crippen LogP contribution in [-0.2, 0) is 17.9 Å². The van der Waals surface area contributed by atoms with E-state index in [1.54, 1.807) is 6.08 Å². The van der Waals surface area contributed by atoms with Crippen molar-refractivity contribution in [2.24, 2.45) is 0 Å². The average molecular weight is 476 g/mol. The first-order chi connectivity index (χ1) is 16.5. The Morgan fingerprint density at radius 1 is 0.971 bits per heavy atom. The Balaban J connectivity index is 1.23. The van der Waals surface area contributed by atoms with Crippen LogP contribution in [0.1, 0.15) is 16.7 Å². The summed E-state index contributed by atoms with van der Waals surface area (Å²) in [5.41, 5.74) is 3.91. The van der Waals surface area contributed by atoms with Gasteiger partial charge in [0.1, 0.15) is 12.4 Å². The summed E-state index contributed by atoms with van der Waals surface area (Å²) in [6.45, 7) is 5.76. The third-order valence-corrected chi connectivity index (χ3v) is 6.25. The van der Waals surface area contributed by atoms with E-state index in [4.69, 9.17) is 16.3 Å². The van der Waals surface area contributed by atoms with Gasteiger partial charge in [0.15, 0.2) is 0 Å². The zero-order valence-electron chi connectivity index (χ0n) is 19.4. The SMILES string of the molecule is CN1CCN(Cc2ccc(NC(=O)/C=C/c3ccc(OCc4ccccc4Cl)cc3)cc2)CC1.